The maximum Gasteiger partial charge on any atom is 0.0868 e. The summed E-state index contributed by atoms with van der Waals surface area (Å²) in [6, 6.07) is 9.16. The Bertz CT molecular complexity index is 505. The Labute approximate surface area is 142 Å². The average Bonchev–Trinajstić information content (AvgIpc) is 2.55. The normalized spacial score (nSPS) is 20.1. The highest BCUT2D eigenvalue weighted by molar-refractivity contribution is 5.54. The molecule has 1 aliphatic rings. The highest BCUT2D eigenvalue weighted by Gasteiger charge is 2.21. The minimum absolute atomic E-state index is 0.705. The fraction of sp³-hybridized carbons (Fsp3) is 0.619. The largest absolute Gasteiger partial charge is 0.385 e. The van der Waals surface area contributed by atoms with E-state index in [4.69, 9.17) is 0 Å². The minimum atomic E-state index is -0.706. The van der Waals surface area contributed by atoms with E-state index in [2.05, 4.69) is 56.0 Å². The molecule has 2 unspecified atom stereocenters. The van der Waals surface area contributed by atoms with Gasteiger partial charge in [-0.15, -0.1) is 0 Å². The first-order valence-corrected chi connectivity index (χ1v) is 9.22. The van der Waals surface area contributed by atoms with Gasteiger partial charge >= 0.3 is 0 Å². The van der Waals surface area contributed by atoms with Crippen LogP contribution in [0.2, 0.25) is 0 Å². The van der Waals surface area contributed by atoms with Crippen molar-refractivity contribution in [1.82, 2.24) is 4.90 Å². The van der Waals surface area contributed by atoms with Crippen LogP contribution in [0.25, 0.3) is 6.08 Å². The lowest BCUT2D eigenvalue weighted by Gasteiger charge is -2.33. The van der Waals surface area contributed by atoms with Crippen molar-refractivity contribution in [2.75, 3.05) is 13.1 Å². The SMILES string of the molecule is CCCC(C)(O)c1ccc(C=C2CCN(C(C)CC)CC2)cc1. The molecule has 0 aromatic heterocycles. The molecule has 2 heteroatoms. The summed E-state index contributed by atoms with van der Waals surface area (Å²) in [4.78, 5) is 2.60. The van der Waals surface area contributed by atoms with Gasteiger partial charge in [-0.05, 0) is 50.7 Å². The van der Waals surface area contributed by atoms with Gasteiger partial charge in [-0.25, -0.2) is 0 Å². The van der Waals surface area contributed by atoms with Crippen LogP contribution < -0.4 is 0 Å². The van der Waals surface area contributed by atoms with Crippen LogP contribution in [0.4, 0.5) is 0 Å². The zero-order valence-electron chi connectivity index (χ0n) is 15.3. The second-order valence-corrected chi connectivity index (χ2v) is 7.24. The molecule has 0 amide bonds. The summed E-state index contributed by atoms with van der Waals surface area (Å²) in [7, 11) is 0. The first-order valence-electron chi connectivity index (χ1n) is 9.22. The van der Waals surface area contributed by atoms with E-state index in [1.807, 2.05) is 6.92 Å². The van der Waals surface area contributed by atoms with Crippen LogP contribution in [0.15, 0.2) is 29.8 Å². The lowest BCUT2D eigenvalue weighted by molar-refractivity contribution is 0.0470. The van der Waals surface area contributed by atoms with E-state index in [9.17, 15) is 5.11 Å². The van der Waals surface area contributed by atoms with Gasteiger partial charge in [-0.2, -0.15) is 0 Å². The van der Waals surface area contributed by atoms with Crippen molar-refractivity contribution in [2.24, 2.45) is 0 Å². The molecule has 1 aromatic rings. The van der Waals surface area contributed by atoms with Gasteiger partial charge in [0.25, 0.3) is 0 Å². The Morgan fingerprint density at radius 1 is 1.17 bits per heavy atom. The van der Waals surface area contributed by atoms with E-state index >= 15 is 0 Å². The lowest BCUT2D eigenvalue weighted by atomic mass is 9.90. The van der Waals surface area contributed by atoms with Crippen molar-refractivity contribution >= 4 is 6.08 Å². The number of aliphatic hydroxyl groups is 1. The topological polar surface area (TPSA) is 23.5 Å². The summed E-state index contributed by atoms with van der Waals surface area (Å²) in [6.07, 6.45) is 7.73. The van der Waals surface area contributed by atoms with Crippen LogP contribution in [-0.2, 0) is 5.60 Å². The second-order valence-electron chi connectivity index (χ2n) is 7.24. The van der Waals surface area contributed by atoms with Gasteiger partial charge in [0, 0.05) is 19.1 Å². The molecule has 0 spiro atoms. The van der Waals surface area contributed by atoms with E-state index in [1.54, 1.807) is 5.57 Å². The molecule has 128 valence electrons. The maximum atomic E-state index is 10.5. The smallest absolute Gasteiger partial charge is 0.0868 e. The number of nitrogens with zero attached hydrogens (tertiary/aromatic N) is 1. The van der Waals surface area contributed by atoms with Crippen LogP contribution in [0.5, 0.6) is 0 Å². The number of piperidine rings is 1. The van der Waals surface area contributed by atoms with Gasteiger partial charge in [0.15, 0.2) is 0 Å². The third kappa shape index (κ3) is 4.92. The van der Waals surface area contributed by atoms with E-state index in [1.165, 1.54) is 37.9 Å². The van der Waals surface area contributed by atoms with Gasteiger partial charge in [-0.3, -0.25) is 0 Å². The van der Waals surface area contributed by atoms with E-state index < -0.39 is 5.60 Å². The molecule has 1 fully saturated rings. The Morgan fingerprint density at radius 3 is 2.30 bits per heavy atom. The van der Waals surface area contributed by atoms with Gasteiger partial charge in [0.05, 0.1) is 5.60 Å². The zero-order chi connectivity index (χ0) is 16.9. The molecule has 1 N–H and O–H groups in total. The predicted molar refractivity (Wildman–Crippen MR) is 99.5 cm³/mol. The van der Waals surface area contributed by atoms with Crippen molar-refractivity contribution in [3.8, 4) is 0 Å². The molecular weight excluding hydrogens is 282 g/mol. The van der Waals surface area contributed by atoms with Crippen molar-refractivity contribution in [3.63, 3.8) is 0 Å². The number of likely N-dealkylation sites (tertiary alicyclic amines) is 1. The molecule has 1 saturated heterocycles. The summed E-state index contributed by atoms with van der Waals surface area (Å²) in [6.45, 7) is 11.0. The van der Waals surface area contributed by atoms with Gasteiger partial charge in [0.2, 0.25) is 0 Å². The quantitative estimate of drug-likeness (QED) is 0.801. The van der Waals surface area contributed by atoms with E-state index in [-0.39, 0.29) is 0 Å². The molecule has 0 bridgehead atoms. The molecule has 0 radical (unpaired) electrons. The molecule has 1 heterocycles. The Balaban J connectivity index is 1.99. The zero-order valence-corrected chi connectivity index (χ0v) is 15.3. The Kier molecular flexibility index (Phi) is 6.43. The Morgan fingerprint density at radius 2 is 1.78 bits per heavy atom. The first-order chi connectivity index (χ1) is 11.0. The number of benzene rings is 1. The molecule has 2 nitrogen and oxygen atoms in total. The molecule has 0 aliphatic carbocycles. The molecular formula is C21H33NO. The van der Waals surface area contributed by atoms with Crippen LogP contribution in [0, 0.1) is 0 Å². The summed E-state index contributed by atoms with van der Waals surface area (Å²) in [5.41, 5.74) is 3.13. The third-order valence-electron chi connectivity index (χ3n) is 5.29. The van der Waals surface area contributed by atoms with Crippen LogP contribution in [-0.4, -0.2) is 29.1 Å². The van der Waals surface area contributed by atoms with Crippen LogP contribution in [0.3, 0.4) is 0 Å². The van der Waals surface area contributed by atoms with Crippen molar-refractivity contribution in [3.05, 3.63) is 41.0 Å². The molecule has 1 aromatic carbocycles. The molecule has 1 aliphatic heterocycles. The van der Waals surface area contributed by atoms with Crippen molar-refractivity contribution < 1.29 is 5.11 Å². The highest BCUT2D eigenvalue weighted by atomic mass is 16.3. The third-order valence-corrected chi connectivity index (χ3v) is 5.29. The minimum Gasteiger partial charge on any atom is -0.385 e. The maximum absolute atomic E-state index is 10.5. The Hall–Kier alpha value is -1.12. The van der Waals surface area contributed by atoms with Crippen LogP contribution >= 0.6 is 0 Å². The molecule has 2 rings (SSSR count). The summed E-state index contributed by atoms with van der Waals surface area (Å²) in [5.74, 6) is 0. The van der Waals surface area contributed by atoms with E-state index in [0.717, 1.165) is 18.4 Å². The van der Waals surface area contributed by atoms with Gasteiger partial charge in [-0.1, -0.05) is 56.2 Å². The summed E-state index contributed by atoms with van der Waals surface area (Å²) < 4.78 is 0. The van der Waals surface area contributed by atoms with Crippen molar-refractivity contribution in [2.45, 2.75) is 71.4 Å². The van der Waals surface area contributed by atoms with Crippen molar-refractivity contribution in [1.29, 1.82) is 0 Å². The monoisotopic (exact) mass is 315 g/mol. The second kappa shape index (κ2) is 8.12. The summed E-state index contributed by atoms with van der Waals surface area (Å²) in [5, 5.41) is 10.5. The fourth-order valence-electron chi connectivity index (χ4n) is 3.46. The average molecular weight is 316 g/mol. The number of rotatable bonds is 6. The lowest BCUT2D eigenvalue weighted by Crippen LogP contribution is -2.37. The summed E-state index contributed by atoms with van der Waals surface area (Å²) >= 11 is 0. The molecule has 23 heavy (non-hydrogen) atoms. The first kappa shape index (κ1) is 18.2. The predicted octanol–water partition coefficient (Wildman–Crippen LogP) is 4.97. The van der Waals surface area contributed by atoms with Gasteiger partial charge in [0.1, 0.15) is 0 Å². The van der Waals surface area contributed by atoms with Crippen LogP contribution in [0.1, 0.15) is 70.9 Å². The molecule has 2 atom stereocenters. The van der Waals surface area contributed by atoms with Gasteiger partial charge < -0.3 is 10.0 Å². The fourth-order valence-corrected chi connectivity index (χ4v) is 3.46. The number of hydrogen-bond donors (Lipinski definition) is 1. The molecule has 0 saturated carbocycles. The number of hydrogen-bond acceptors (Lipinski definition) is 2. The standard InChI is InChI=1S/C21H33NO/c1-5-13-21(4,23)20-9-7-18(8-10-20)16-19-11-14-22(15-12-19)17(3)6-2/h7-10,16-17,23H,5-6,11-15H2,1-4H3. The van der Waals surface area contributed by atoms with E-state index in [0.29, 0.717) is 6.04 Å². The highest BCUT2D eigenvalue weighted by Crippen LogP contribution is 2.27.